The van der Waals surface area contributed by atoms with Gasteiger partial charge in [0.05, 0.1) is 11.4 Å². The Kier molecular flexibility index (Phi) is 9.28. The number of carbonyl (C=O) groups excluding carboxylic acids is 1. The predicted molar refractivity (Wildman–Crippen MR) is 123 cm³/mol. The Morgan fingerprint density at radius 3 is 2.48 bits per heavy atom. The number of pyridine rings is 1. The fraction of sp³-hybridized carbons (Fsp3) is 0.455. The molecule has 0 fully saturated rings. The van der Waals surface area contributed by atoms with Crippen LogP contribution in [-0.2, 0) is 4.79 Å². The molecule has 0 aliphatic carbocycles. The Morgan fingerprint density at radius 1 is 1.17 bits per heavy atom. The Morgan fingerprint density at radius 2 is 1.86 bits per heavy atom. The highest BCUT2D eigenvalue weighted by Gasteiger charge is 2.20. The van der Waals surface area contributed by atoms with Crippen molar-refractivity contribution in [2.75, 3.05) is 17.6 Å². The maximum Gasteiger partial charge on any atom is 0.261 e. The van der Waals surface area contributed by atoms with Crippen molar-refractivity contribution in [2.24, 2.45) is 5.73 Å². The fourth-order valence-electron chi connectivity index (χ4n) is 2.77. The summed E-state index contributed by atoms with van der Waals surface area (Å²) in [5.41, 5.74) is 8.41. The number of carbonyl (C=O) groups is 1. The monoisotopic (exact) mass is 416 g/mol. The highest BCUT2D eigenvalue weighted by Crippen LogP contribution is 2.28. The highest BCUT2D eigenvalue weighted by molar-refractivity contribution is 7.80. The van der Waals surface area contributed by atoms with E-state index in [1.807, 2.05) is 42.5 Å². The van der Waals surface area contributed by atoms with E-state index in [9.17, 15) is 4.79 Å². The molecule has 7 heteroatoms. The second-order valence-corrected chi connectivity index (χ2v) is 7.39. The third kappa shape index (κ3) is 6.94. The Labute approximate surface area is 179 Å². The molecule has 0 saturated heterocycles. The molecule has 0 aliphatic heterocycles. The van der Waals surface area contributed by atoms with Crippen LogP contribution in [0.1, 0.15) is 33.6 Å². The second kappa shape index (κ2) is 11.7. The van der Waals surface area contributed by atoms with E-state index < -0.39 is 6.10 Å². The average molecular weight is 417 g/mol. The van der Waals surface area contributed by atoms with Gasteiger partial charge in [0.1, 0.15) is 0 Å². The summed E-state index contributed by atoms with van der Waals surface area (Å²) in [7, 11) is 0. The van der Waals surface area contributed by atoms with Crippen LogP contribution in [0.15, 0.2) is 42.5 Å². The molecule has 2 rings (SSSR count). The largest absolute Gasteiger partial charge is 0.463 e. The molecule has 2 unspecified atom stereocenters. The van der Waals surface area contributed by atoms with Crippen molar-refractivity contribution in [3.05, 3.63) is 42.5 Å². The molecule has 1 aromatic heterocycles. The Bertz CT molecular complexity index is 769. The molecule has 0 saturated carbocycles. The van der Waals surface area contributed by atoms with Gasteiger partial charge in [-0.15, -0.1) is 0 Å². The molecule has 1 amide bonds. The van der Waals surface area contributed by atoms with Gasteiger partial charge in [-0.2, -0.15) is 12.6 Å². The molecular formula is C22H32N4O2S. The summed E-state index contributed by atoms with van der Waals surface area (Å²) in [5.74, 6) is 0.793. The maximum atomic E-state index is 12.5. The first-order valence-corrected chi connectivity index (χ1v) is 10.8. The molecule has 0 bridgehead atoms. The number of nitrogens with two attached hydrogens (primary N) is 1. The Hall–Kier alpha value is -2.25. The molecule has 1 heterocycles. The van der Waals surface area contributed by atoms with Gasteiger partial charge in [0.15, 0.2) is 6.10 Å². The summed E-state index contributed by atoms with van der Waals surface area (Å²) in [4.78, 5) is 17.2. The summed E-state index contributed by atoms with van der Waals surface area (Å²) < 4.78 is 5.98. The first-order valence-electron chi connectivity index (χ1n) is 10.1. The van der Waals surface area contributed by atoms with Gasteiger partial charge in [-0.05, 0) is 31.9 Å². The van der Waals surface area contributed by atoms with Gasteiger partial charge in [0.2, 0.25) is 5.88 Å². The zero-order chi connectivity index (χ0) is 21.2. The van der Waals surface area contributed by atoms with Gasteiger partial charge in [-0.25, -0.2) is 4.98 Å². The lowest BCUT2D eigenvalue weighted by atomic mass is 10.1. The summed E-state index contributed by atoms with van der Waals surface area (Å²) in [6, 6.07) is 13.7. The third-order valence-electron chi connectivity index (χ3n) is 4.71. The van der Waals surface area contributed by atoms with Crippen LogP contribution in [0.2, 0.25) is 0 Å². The van der Waals surface area contributed by atoms with Gasteiger partial charge < -0.3 is 21.1 Å². The van der Waals surface area contributed by atoms with Crippen molar-refractivity contribution < 1.29 is 9.53 Å². The van der Waals surface area contributed by atoms with E-state index in [0.717, 1.165) is 24.1 Å². The van der Waals surface area contributed by atoms with Crippen LogP contribution in [0, 0.1) is 0 Å². The van der Waals surface area contributed by atoms with Gasteiger partial charge >= 0.3 is 0 Å². The zero-order valence-corrected chi connectivity index (χ0v) is 18.3. The number of ether oxygens (including phenoxy) is 1. The lowest BCUT2D eigenvalue weighted by Gasteiger charge is -2.21. The summed E-state index contributed by atoms with van der Waals surface area (Å²) in [6.07, 6.45) is 1.09. The van der Waals surface area contributed by atoms with Crippen molar-refractivity contribution in [2.45, 2.75) is 51.8 Å². The highest BCUT2D eigenvalue weighted by atomic mass is 32.1. The average Bonchev–Trinajstić information content (AvgIpc) is 2.76. The van der Waals surface area contributed by atoms with Crippen LogP contribution in [0.5, 0.6) is 5.88 Å². The number of anilines is 1. The molecule has 0 spiro atoms. The first-order chi connectivity index (χ1) is 14.0. The van der Waals surface area contributed by atoms with E-state index in [4.69, 9.17) is 10.5 Å². The molecule has 158 valence electrons. The summed E-state index contributed by atoms with van der Waals surface area (Å²) in [5, 5.41) is 6.28. The van der Waals surface area contributed by atoms with Crippen molar-refractivity contribution in [3.8, 4) is 17.1 Å². The normalized spacial score (nSPS) is 13.0. The molecule has 2 atom stereocenters. The van der Waals surface area contributed by atoms with Gasteiger partial charge in [-0.1, -0.05) is 44.2 Å². The first kappa shape index (κ1) is 23.0. The SMILES string of the molecule is CCC(CC)NC(=O)C(C)Oc1nc(-c2ccccc2)ccc1NCC(N)CS. The van der Waals surface area contributed by atoms with Crippen LogP contribution < -0.4 is 21.1 Å². The minimum Gasteiger partial charge on any atom is -0.463 e. The number of rotatable bonds is 11. The second-order valence-electron chi connectivity index (χ2n) is 7.02. The number of aromatic nitrogens is 1. The smallest absolute Gasteiger partial charge is 0.261 e. The van der Waals surface area contributed by atoms with Crippen LogP contribution >= 0.6 is 12.6 Å². The molecule has 29 heavy (non-hydrogen) atoms. The molecule has 1 aromatic carbocycles. The van der Waals surface area contributed by atoms with E-state index in [1.54, 1.807) is 6.92 Å². The number of thiol groups is 1. The van der Waals surface area contributed by atoms with E-state index >= 15 is 0 Å². The van der Waals surface area contributed by atoms with Gasteiger partial charge in [0, 0.05) is 29.9 Å². The van der Waals surface area contributed by atoms with Crippen LogP contribution in [0.4, 0.5) is 5.69 Å². The minimum atomic E-state index is -0.673. The topological polar surface area (TPSA) is 89.3 Å². The predicted octanol–water partition coefficient (Wildman–Crippen LogP) is 3.49. The summed E-state index contributed by atoms with van der Waals surface area (Å²) in [6.45, 7) is 6.37. The zero-order valence-electron chi connectivity index (χ0n) is 17.4. The molecular weight excluding hydrogens is 384 g/mol. The van der Waals surface area contributed by atoms with E-state index in [1.165, 1.54) is 0 Å². The molecule has 6 nitrogen and oxygen atoms in total. The lowest BCUT2D eigenvalue weighted by Crippen LogP contribution is -2.42. The van der Waals surface area contributed by atoms with Crippen LogP contribution in [0.3, 0.4) is 0 Å². The van der Waals surface area contributed by atoms with Crippen molar-refractivity contribution >= 4 is 24.2 Å². The Balaban J connectivity index is 2.23. The number of benzene rings is 1. The van der Waals surface area contributed by atoms with Gasteiger partial charge in [0.25, 0.3) is 5.91 Å². The third-order valence-corrected chi connectivity index (χ3v) is 5.18. The number of nitrogens with zero attached hydrogens (tertiary/aromatic N) is 1. The molecule has 0 aliphatic rings. The number of amides is 1. The maximum absolute atomic E-state index is 12.5. The fourth-order valence-corrected chi connectivity index (χ4v) is 2.90. The van der Waals surface area contributed by atoms with Gasteiger partial charge in [-0.3, -0.25) is 4.79 Å². The van der Waals surface area contributed by atoms with E-state index in [0.29, 0.717) is 23.9 Å². The molecule has 4 N–H and O–H groups in total. The van der Waals surface area contributed by atoms with Crippen LogP contribution in [0.25, 0.3) is 11.3 Å². The number of nitrogens with one attached hydrogen (secondary N) is 2. The minimum absolute atomic E-state index is 0.101. The quantitative estimate of drug-likeness (QED) is 0.421. The van der Waals surface area contributed by atoms with Crippen molar-refractivity contribution in [1.82, 2.24) is 10.3 Å². The lowest BCUT2D eigenvalue weighted by molar-refractivity contribution is -0.128. The van der Waals surface area contributed by atoms with Crippen molar-refractivity contribution in [1.29, 1.82) is 0 Å². The number of hydrogen-bond acceptors (Lipinski definition) is 6. The molecule has 0 radical (unpaired) electrons. The number of hydrogen-bond donors (Lipinski definition) is 4. The van der Waals surface area contributed by atoms with E-state index in [-0.39, 0.29) is 18.0 Å². The summed E-state index contributed by atoms with van der Waals surface area (Å²) >= 11 is 4.22. The van der Waals surface area contributed by atoms with Crippen LogP contribution in [-0.4, -0.2) is 41.4 Å². The van der Waals surface area contributed by atoms with E-state index in [2.05, 4.69) is 42.1 Å². The van der Waals surface area contributed by atoms with Crippen molar-refractivity contribution in [3.63, 3.8) is 0 Å². The molecule has 2 aromatic rings. The standard InChI is InChI=1S/C22H32N4O2S/c1-4-18(5-2)25-21(27)15(3)28-22-20(24-13-17(23)14-29)12-11-19(26-22)16-9-7-6-8-10-16/h6-12,15,17-18,24,29H,4-5,13-14,23H2,1-3H3,(H,25,27).